The Bertz CT molecular complexity index is 5570. The van der Waals surface area contributed by atoms with Crippen molar-refractivity contribution in [1.29, 1.82) is 0 Å². The number of aliphatic hydroxyl groups excluding tert-OH is 2. The van der Waals surface area contributed by atoms with Gasteiger partial charge in [0.1, 0.15) is 105 Å². The molecule has 6 aromatic heterocycles. The van der Waals surface area contributed by atoms with E-state index in [1.54, 1.807) is 0 Å². The molecule has 0 saturated carbocycles. The van der Waals surface area contributed by atoms with Crippen LogP contribution in [0.4, 0.5) is 0 Å². The van der Waals surface area contributed by atoms with Crippen molar-refractivity contribution in [2.24, 2.45) is 0 Å². The second kappa shape index (κ2) is 34.8. The highest BCUT2D eigenvalue weighted by molar-refractivity contribution is 9.10. The van der Waals surface area contributed by atoms with Crippen molar-refractivity contribution in [2.75, 3.05) is 39.6 Å². The van der Waals surface area contributed by atoms with Crippen LogP contribution in [-0.2, 0) is 96.5 Å². The molecule has 13 N–H and O–H groups in total. The number of aromatic amines is 6. The van der Waals surface area contributed by atoms with Crippen LogP contribution in [0.3, 0.4) is 0 Å². The van der Waals surface area contributed by atoms with Crippen molar-refractivity contribution in [3.05, 3.63) is 195 Å². The predicted molar refractivity (Wildman–Crippen MR) is 371 cm³/mol. The van der Waals surface area contributed by atoms with Crippen molar-refractivity contribution in [3.8, 4) is 0 Å². The van der Waals surface area contributed by atoms with Gasteiger partial charge in [-0.25, -0.2) is 51.6 Å². The van der Waals surface area contributed by atoms with Crippen LogP contribution in [0.25, 0.3) is 0 Å². The van der Waals surface area contributed by atoms with Crippen LogP contribution in [0.1, 0.15) is 75.9 Å². The molecular weight excluding hydrogens is 1770 g/mol. The third-order valence-electron chi connectivity index (χ3n) is 17.8. The number of halogens is 2. The average molecular weight is 1840 g/mol. The molecule has 6 aromatic rings. The van der Waals surface area contributed by atoms with Crippen LogP contribution in [0.15, 0.2) is 128 Å². The summed E-state index contributed by atoms with van der Waals surface area (Å²) in [4.78, 5) is 218. The fraction of sp³-hybridized carbons (Fsp3) is 0.556. The lowest BCUT2D eigenvalue weighted by atomic mass is 10.2. The van der Waals surface area contributed by atoms with Crippen molar-refractivity contribution in [1.82, 2.24) is 57.3 Å². The number of ether oxygens (including phenoxy) is 6. The first-order valence-electron chi connectivity index (χ1n) is 32.9. The van der Waals surface area contributed by atoms with E-state index >= 15 is 0 Å². The first kappa shape index (κ1) is 85.6. The highest BCUT2D eigenvalue weighted by atomic mass is 79.9. The van der Waals surface area contributed by atoms with Gasteiger partial charge in [0.05, 0.1) is 54.7 Å². The lowest BCUT2D eigenvalue weighted by molar-refractivity contribution is -0.0658. The Morgan fingerprint density at radius 3 is 0.832 bits per heavy atom. The van der Waals surface area contributed by atoms with Gasteiger partial charge < -0.3 is 63.1 Å². The summed E-state index contributed by atoms with van der Waals surface area (Å²) in [5.41, 5.74) is -11.4. The maximum atomic E-state index is 14.3. The minimum atomic E-state index is -5.72. The predicted octanol–water partition coefficient (Wildman–Crippen LogP) is -3.60. The summed E-state index contributed by atoms with van der Waals surface area (Å²) < 4.78 is 163. The zero-order valence-corrected chi connectivity index (χ0v) is 64.6. The molecule has 0 amide bonds. The molecule has 6 fully saturated rings. The van der Waals surface area contributed by atoms with E-state index in [1.807, 2.05) is 29.9 Å². The molecule has 12 heterocycles. The normalized spacial score (nSPS) is 30.6. The molecule has 0 radical (unpaired) electrons. The van der Waals surface area contributed by atoms with Crippen LogP contribution in [-0.4, -0.2) is 205 Å². The van der Waals surface area contributed by atoms with E-state index in [0.717, 1.165) is 88.8 Å². The van der Waals surface area contributed by atoms with E-state index in [4.69, 9.17) is 73.7 Å². The van der Waals surface area contributed by atoms with E-state index in [2.05, 4.69) is 31.9 Å². The molecule has 52 nitrogen and oxygen atoms in total. The van der Waals surface area contributed by atoms with E-state index in [0.29, 0.717) is 0 Å². The van der Waals surface area contributed by atoms with Crippen LogP contribution in [0, 0.1) is 0 Å². The summed E-state index contributed by atoms with van der Waals surface area (Å²) in [6.45, 7) is -6.38. The molecule has 0 aromatic carbocycles. The quantitative estimate of drug-likeness (QED) is 0.0182. The molecule has 12 rings (SSSR count). The highest BCUT2D eigenvalue weighted by Crippen LogP contribution is 2.56. The van der Waals surface area contributed by atoms with E-state index in [1.165, 1.54) is 0 Å². The van der Waals surface area contributed by atoms with Crippen LogP contribution in [0.5, 0.6) is 0 Å². The average Bonchev–Trinajstić information content (AvgIpc) is 1.67. The first-order chi connectivity index (χ1) is 53.2. The Labute approximate surface area is 640 Å². The number of rotatable bonds is 32. The lowest BCUT2D eigenvalue weighted by Gasteiger charge is -2.26. The number of phosphoric acid groups is 5. The topological polar surface area (TPSA) is 704 Å². The van der Waals surface area contributed by atoms with Crippen molar-refractivity contribution in [3.63, 3.8) is 0 Å². The Morgan fingerprint density at radius 1 is 0.345 bits per heavy atom. The van der Waals surface area contributed by atoms with Gasteiger partial charge >= 0.3 is 73.3 Å². The number of nitrogens with one attached hydrogen (secondary N) is 6. The zero-order valence-electron chi connectivity index (χ0n) is 56.9. The molecule has 0 spiro atoms. The Balaban J connectivity index is 0.731. The monoisotopic (exact) mass is 1830 g/mol. The Kier molecular flexibility index (Phi) is 26.4. The standard InChI is InChI=1S/C54H65Br2N12O40P5/c55-23-15-67(53(81)61-47(23)75)45-13-29(107-112(89,90)95-20-34-27(11-43(101-34)65-7-3-39(73)59-51(65)79)105-109(83,84)93-18-32-25(70)9-41(99-32)63-5-1-37(71)57-49(63)77)36(103-45)22-97-113(91,92)108-30-14-46(68-16-24(56)48(76)62-54(68)82)102-35(30)21-96-111(87,88)106-28-12-44(66-8-4-40(74)60-52(66)80)100-33(28)19-94-110(85,86)104-26-10-42(98-31(26)17-69)64-6-2-38(72)58-50(64)78/h1-8,15-16,25-36,41-46,69-70H,9-14,17-22H2,(H,83,84)(H,85,86)(H,87,88)(H,89,90)(H,91,92)(H,57,71,77)(H,58,72,78)(H,59,73,79)(H,60,74,80)(H,61,75,81)(H,62,76,82)/t25-,26-,27-,28-,29-,30-,31+,32+,33+,34+,35+,36+,41+,42+,43+,44+,45+,46+/m0/s1. The molecular formula is C54H65Br2N12O40P5. The number of nitrogens with zero attached hydrogens (tertiary/aromatic N) is 6. The smallest absolute Gasteiger partial charge is 0.394 e. The molecule has 5 unspecified atom stereocenters. The molecule has 0 aliphatic carbocycles. The number of H-pyrrole nitrogens is 6. The van der Waals surface area contributed by atoms with Gasteiger partial charge in [-0.1, -0.05) is 0 Å². The van der Waals surface area contributed by atoms with Crippen molar-refractivity contribution < 1.29 is 131 Å². The van der Waals surface area contributed by atoms with E-state index in [9.17, 15) is 115 Å². The molecule has 620 valence electrons. The van der Waals surface area contributed by atoms with Gasteiger partial charge in [-0.3, -0.25) is 131 Å². The third-order valence-corrected chi connectivity index (χ3v) is 23.9. The van der Waals surface area contributed by atoms with Crippen molar-refractivity contribution >= 4 is 71.0 Å². The summed E-state index contributed by atoms with van der Waals surface area (Å²) in [6.07, 6.45) is -26.3. The first-order valence-corrected chi connectivity index (χ1v) is 42.0. The highest BCUT2D eigenvalue weighted by Gasteiger charge is 2.51. The Hall–Kier alpha value is -6.73. The minimum Gasteiger partial charge on any atom is -0.394 e. The molecule has 6 aliphatic heterocycles. The number of aromatic nitrogens is 12. The second-order valence-electron chi connectivity index (χ2n) is 25.3. The van der Waals surface area contributed by atoms with Gasteiger partial charge in [0.25, 0.3) is 33.4 Å². The molecule has 0 bridgehead atoms. The lowest BCUT2D eigenvalue weighted by Crippen LogP contribution is -2.33. The molecule has 6 aliphatic rings. The van der Waals surface area contributed by atoms with Gasteiger partial charge in [-0.05, 0) is 31.9 Å². The van der Waals surface area contributed by atoms with Gasteiger partial charge in [-0.15, -0.1) is 0 Å². The van der Waals surface area contributed by atoms with Gasteiger partial charge in [0, 0.05) is 100.0 Å². The number of phosphoric ester groups is 5. The fourth-order valence-electron chi connectivity index (χ4n) is 12.5. The molecule has 113 heavy (non-hydrogen) atoms. The Morgan fingerprint density at radius 2 is 0.566 bits per heavy atom. The zero-order chi connectivity index (χ0) is 81.6. The van der Waals surface area contributed by atoms with E-state index in [-0.39, 0.29) is 21.8 Å². The van der Waals surface area contributed by atoms with Crippen molar-refractivity contribution in [2.45, 2.75) is 149 Å². The molecule has 6 saturated heterocycles. The summed E-state index contributed by atoms with van der Waals surface area (Å²) in [7, 11) is -27.7. The van der Waals surface area contributed by atoms with E-state index < -0.39 is 283 Å². The fourth-order valence-corrected chi connectivity index (χ4v) is 18.0. The SMILES string of the molecule is O=c1ccn([C@H]2C[C@H](OP(=O)(O)OC[C@H]3O[C@@H](n4ccc(=O)[nH]c4=O)C[C@@H]3OP(=O)(O)OC[C@H]3O[C@@H](n4cc(Br)c(=O)[nH]c4=O)C[C@@H]3OP(=O)(O)OC[C@H]3O[C@@H](n4cc(Br)c(=O)[nH]c4=O)C[C@@H]3OP(=O)(O)OC[C@H]3O[C@@H](n4ccc(=O)[nH]c4=O)C[C@@H]3OP(=O)(O)OC[C@H]3O[C@@H](n4ccc(=O)[nH]c4=O)C[C@@H]3O)[C@@H](CO)O2)c(=O)[nH]1. The summed E-state index contributed by atoms with van der Waals surface area (Å²) in [5, 5.41) is 20.8. The largest absolute Gasteiger partial charge is 0.472 e. The second-order valence-corrected chi connectivity index (χ2v) is 34.1. The minimum absolute atomic E-state index is 0.263. The number of aliphatic hydroxyl groups is 2. The van der Waals surface area contributed by atoms with Crippen LogP contribution >= 0.6 is 71.0 Å². The third kappa shape index (κ3) is 21.2. The molecule has 59 heteroatoms. The van der Waals surface area contributed by atoms with Crippen LogP contribution < -0.4 is 67.5 Å². The number of hydrogen-bond acceptors (Lipinski definition) is 35. The maximum Gasteiger partial charge on any atom is 0.472 e. The molecule has 23 atom stereocenters. The van der Waals surface area contributed by atoms with Crippen LogP contribution in [0.2, 0.25) is 0 Å². The summed E-state index contributed by atoms with van der Waals surface area (Å²) in [6, 6.07) is 3.77. The maximum absolute atomic E-state index is 14.3. The van der Waals surface area contributed by atoms with Gasteiger partial charge in [-0.2, -0.15) is 0 Å². The van der Waals surface area contributed by atoms with Gasteiger partial charge in [0.15, 0.2) is 0 Å². The summed E-state index contributed by atoms with van der Waals surface area (Å²) in [5.74, 6) is 0. The van der Waals surface area contributed by atoms with Gasteiger partial charge in [0.2, 0.25) is 0 Å². The number of hydrogen-bond donors (Lipinski definition) is 13. The summed E-state index contributed by atoms with van der Waals surface area (Å²) >= 11 is 5.95.